The average Bonchev–Trinajstić information content (AvgIpc) is 2.62. The van der Waals surface area contributed by atoms with E-state index >= 15 is 0 Å². The Bertz CT molecular complexity index is 956. The summed E-state index contributed by atoms with van der Waals surface area (Å²) in [4.78, 5) is 2.54. The number of halogens is 2. The Kier molecular flexibility index (Phi) is 5.78. The molecule has 0 amide bonds. The van der Waals surface area contributed by atoms with Crippen molar-refractivity contribution < 1.29 is 8.42 Å². The zero-order valence-electron chi connectivity index (χ0n) is 16.0. The van der Waals surface area contributed by atoms with E-state index in [4.69, 9.17) is 23.2 Å². The summed E-state index contributed by atoms with van der Waals surface area (Å²) in [5.74, 6) is 0. The van der Waals surface area contributed by atoms with Gasteiger partial charge in [0.05, 0.1) is 15.6 Å². The quantitative estimate of drug-likeness (QED) is 0.711. The molecule has 0 spiro atoms. The molecule has 1 aliphatic rings. The van der Waals surface area contributed by atoms with Gasteiger partial charge in [0, 0.05) is 31.2 Å². The maximum Gasteiger partial charge on any atom is 0.243 e. The number of hydrogen-bond donors (Lipinski definition) is 0. The van der Waals surface area contributed by atoms with E-state index in [0.717, 1.165) is 27.9 Å². The molecule has 0 aromatic heterocycles. The fourth-order valence-corrected chi connectivity index (χ4v) is 6.00. The number of benzene rings is 2. The molecule has 27 heavy (non-hydrogen) atoms. The summed E-state index contributed by atoms with van der Waals surface area (Å²) >= 11 is 12.4. The van der Waals surface area contributed by atoms with Gasteiger partial charge in [0.15, 0.2) is 0 Å². The molecule has 2 aromatic carbocycles. The summed E-state index contributed by atoms with van der Waals surface area (Å²) in [5.41, 5.74) is 4.51. The summed E-state index contributed by atoms with van der Waals surface area (Å²) in [6, 6.07) is 7.39. The number of hydrogen-bond acceptors (Lipinski definition) is 3. The second-order valence-corrected chi connectivity index (χ2v) is 9.79. The maximum absolute atomic E-state index is 13.4. The van der Waals surface area contributed by atoms with E-state index in [0.29, 0.717) is 41.1 Å². The van der Waals surface area contributed by atoms with Crippen LogP contribution in [0.4, 0.5) is 5.69 Å². The van der Waals surface area contributed by atoms with Crippen LogP contribution in [0.2, 0.25) is 10.0 Å². The first kappa shape index (κ1) is 20.5. The van der Waals surface area contributed by atoms with Crippen LogP contribution in [0.3, 0.4) is 0 Å². The Labute approximate surface area is 171 Å². The summed E-state index contributed by atoms with van der Waals surface area (Å²) in [6.45, 7) is 9.66. The minimum absolute atomic E-state index is 0.414. The number of sulfonamides is 1. The highest BCUT2D eigenvalue weighted by Crippen LogP contribution is 2.32. The van der Waals surface area contributed by atoms with Gasteiger partial charge in [-0.3, -0.25) is 0 Å². The zero-order chi connectivity index (χ0) is 19.9. The van der Waals surface area contributed by atoms with Gasteiger partial charge in [-0.05, 0) is 68.1 Å². The van der Waals surface area contributed by atoms with Gasteiger partial charge >= 0.3 is 0 Å². The van der Waals surface area contributed by atoms with Crippen LogP contribution in [0.15, 0.2) is 29.2 Å². The Balaban J connectivity index is 1.87. The number of nitrogens with zero attached hydrogens (tertiary/aromatic N) is 2. The lowest BCUT2D eigenvalue weighted by atomic mass is 10.0. The second kappa shape index (κ2) is 7.63. The normalized spacial score (nSPS) is 16.0. The van der Waals surface area contributed by atoms with Crippen LogP contribution in [0.1, 0.15) is 22.3 Å². The lowest BCUT2D eigenvalue weighted by Crippen LogP contribution is -2.49. The van der Waals surface area contributed by atoms with Crippen molar-refractivity contribution in [3.05, 3.63) is 56.6 Å². The summed E-state index contributed by atoms with van der Waals surface area (Å²) in [5, 5.41) is 1.24. The molecular formula is C20H24Cl2N2O2S. The number of anilines is 1. The summed E-state index contributed by atoms with van der Waals surface area (Å²) in [6.07, 6.45) is 0. The smallest absolute Gasteiger partial charge is 0.243 e. The van der Waals surface area contributed by atoms with Crippen LogP contribution >= 0.6 is 23.2 Å². The van der Waals surface area contributed by atoms with Gasteiger partial charge < -0.3 is 4.90 Å². The van der Waals surface area contributed by atoms with Crippen molar-refractivity contribution in [2.75, 3.05) is 31.1 Å². The first-order valence-electron chi connectivity index (χ1n) is 8.90. The topological polar surface area (TPSA) is 40.6 Å². The maximum atomic E-state index is 13.4. The van der Waals surface area contributed by atoms with Crippen LogP contribution in [0.25, 0.3) is 0 Å². The number of piperazine rings is 1. The monoisotopic (exact) mass is 426 g/mol. The lowest BCUT2D eigenvalue weighted by molar-refractivity contribution is 0.384. The van der Waals surface area contributed by atoms with Gasteiger partial charge in [-0.1, -0.05) is 29.3 Å². The highest BCUT2D eigenvalue weighted by molar-refractivity contribution is 7.89. The minimum atomic E-state index is -3.54. The molecular weight excluding hydrogens is 403 g/mol. The van der Waals surface area contributed by atoms with Crippen LogP contribution in [-0.2, 0) is 10.0 Å². The van der Waals surface area contributed by atoms with Crippen LogP contribution in [0, 0.1) is 27.7 Å². The Hall–Kier alpha value is -1.27. The van der Waals surface area contributed by atoms with Crippen molar-refractivity contribution in [1.29, 1.82) is 0 Å². The zero-order valence-corrected chi connectivity index (χ0v) is 18.3. The number of aryl methyl sites for hydroxylation is 2. The second-order valence-electron chi connectivity index (χ2n) is 7.08. The van der Waals surface area contributed by atoms with Crippen molar-refractivity contribution in [3.8, 4) is 0 Å². The molecule has 146 valence electrons. The van der Waals surface area contributed by atoms with Crippen molar-refractivity contribution in [2.24, 2.45) is 0 Å². The highest BCUT2D eigenvalue weighted by atomic mass is 35.5. The van der Waals surface area contributed by atoms with Gasteiger partial charge in [0.2, 0.25) is 10.0 Å². The fourth-order valence-electron chi connectivity index (χ4n) is 3.59. The van der Waals surface area contributed by atoms with Crippen LogP contribution in [0.5, 0.6) is 0 Å². The molecule has 3 rings (SSSR count). The summed E-state index contributed by atoms with van der Waals surface area (Å²) < 4.78 is 28.3. The molecule has 0 bridgehead atoms. The largest absolute Gasteiger partial charge is 0.368 e. The molecule has 0 unspecified atom stereocenters. The van der Waals surface area contributed by atoms with E-state index in [-0.39, 0.29) is 0 Å². The molecule has 1 aliphatic heterocycles. The number of rotatable bonds is 3. The van der Waals surface area contributed by atoms with Crippen molar-refractivity contribution >= 4 is 38.9 Å². The van der Waals surface area contributed by atoms with Crippen molar-refractivity contribution in [3.63, 3.8) is 0 Å². The third kappa shape index (κ3) is 3.83. The Morgan fingerprint density at radius 2 is 1.41 bits per heavy atom. The highest BCUT2D eigenvalue weighted by Gasteiger charge is 2.32. The Morgan fingerprint density at radius 1 is 0.852 bits per heavy atom. The molecule has 4 nitrogen and oxygen atoms in total. The molecule has 1 saturated heterocycles. The fraction of sp³-hybridized carbons (Fsp3) is 0.400. The molecule has 1 fully saturated rings. The van der Waals surface area contributed by atoms with Gasteiger partial charge in [-0.2, -0.15) is 4.31 Å². The lowest BCUT2D eigenvalue weighted by Gasteiger charge is -2.36. The van der Waals surface area contributed by atoms with Gasteiger partial charge in [-0.25, -0.2) is 8.42 Å². The van der Waals surface area contributed by atoms with Crippen molar-refractivity contribution in [1.82, 2.24) is 4.31 Å². The molecule has 0 saturated carbocycles. The van der Waals surface area contributed by atoms with Gasteiger partial charge in [-0.15, -0.1) is 0 Å². The predicted molar refractivity (Wildman–Crippen MR) is 113 cm³/mol. The van der Waals surface area contributed by atoms with Crippen LogP contribution < -0.4 is 4.90 Å². The first-order valence-corrected chi connectivity index (χ1v) is 11.1. The third-order valence-electron chi connectivity index (χ3n) is 5.38. The Morgan fingerprint density at radius 3 is 1.96 bits per heavy atom. The molecule has 0 aliphatic carbocycles. The molecule has 0 N–H and O–H groups in total. The predicted octanol–water partition coefficient (Wildman–Crippen LogP) is 4.74. The van der Waals surface area contributed by atoms with E-state index in [2.05, 4.69) is 4.90 Å². The standard InChI is InChI=1S/C20H24Cl2N2O2S/c1-13-11-14(2)16(4)20(15(13)3)27(25,26)24-9-7-23(8-10-24)19-12-17(21)5-6-18(19)22/h5-6,11-12H,7-10H2,1-4H3. The van der Waals surface area contributed by atoms with Crippen LogP contribution in [-0.4, -0.2) is 38.9 Å². The van der Waals surface area contributed by atoms with E-state index in [9.17, 15) is 8.42 Å². The molecule has 7 heteroatoms. The van der Waals surface area contributed by atoms with Gasteiger partial charge in [0.25, 0.3) is 0 Å². The first-order chi connectivity index (χ1) is 12.6. The molecule has 0 radical (unpaired) electrons. The molecule has 0 atom stereocenters. The third-order valence-corrected chi connectivity index (χ3v) is 8.11. The van der Waals surface area contributed by atoms with E-state index in [1.165, 1.54) is 0 Å². The van der Waals surface area contributed by atoms with E-state index in [1.54, 1.807) is 16.4 Å². The van der Waals surface area contributed by atoms with Crippen molar-refractivity contribution in [2.45, 2.75) is 32.6 Å². The molecule has 2 aromatic rings. The average molecular weight is 427 g/mol. The minimum Gasteiger partial charge on any atom is -0.368 e. The SMILES string of the molecule is Cc1cc(C)c(C)c(S(=O)(=O)N2CCN(c3cc(Cl)ccc3Cl)CC2)c1C. The summed E-state index contributed by atoms with van der Waals surface area (Å²) in [7, 11) is -3.54. The van der Waals surface area contributed by atoms with E-state index in [1.807, 2.05) is 39.8 Å². The van der Waals surface area contributed by atoms with E-state index < -0.39 is 10.0 Å². The molecule has 1 heterocycles. The van der Waals surface area contributed by atoms with Gasteiger partial charge in [0.1, 0.15) is 0 Å².